The summed E-state index contributed by atoms with van der Waals surface area (Å²) in [5.41, 5.74) is 4.51. The van der Waals surface area contributed by atoms with Crippen LogP contribution >= 0.6 is 0 Å². The summed E-state index contributed by atoms with van der Waals surface area (Å²) in [6.45, 7) is 0. The number of carbonyl (C=O) groups excluding carboxylic acids is 1. The van der Waals surface area contributed by atoms with Gasteiger partial charge in [-0.2, -0.15) is 0 Å². The van der Waals surface area contributed by atoms with Crippen LogP contribution in [-0.2, 0) is 0 Å². The highest BCUT2D eigenvalue weighted by atomic mass is 16.5. The van der Waals surface area contributed by atoms with Gasteiger partial charge in [0, 0.05) is 17.3 Å². The van der Waals surface area contributed by atoms with Crippen molar-refractivity contribution in [3.05, 3.63) is 115 Å². The highest BCUT2D eigenvalue weighted by Gasteiger charge is 2.14. The van der Waals surface area contributed by atoms with Crippen molar-refractivity contribution in [2.45, 2.75) is 0 Å². The summed E-state index contributed by atoms with van der Waals surface area (Å²) in [7, 11) is 0. The monoisotopic (exact) mass is 390 g/mol. The SMILES string of the molecule is O=C(Oc1ccc(-c2nc(-c3ccccc3)c3ccccn23)cc1)c1ccccc1. The van der Waals surface area contributed by atoms with E-state index in [1.165, 1.54) is 0 Å². The van der Waals surface area contributed by atoms with E-state index in [1.807, 2.05) is 66.9 Å². The highest BCUT2D eigenvalue weighted by Crippen LogP contribution is 2.30. The lowest BCUT2D eigenvalue weighted by Gasteiger charge is -2.06. The first-order chi connectivity index (χ1) is 14.8. The predicted octanol–water partition coefficient (Wildman–Crippen LogP) is 5.89. The maximum atomic E-state index is 12.3. The number of benzene rings is 3. The van der Waals surface area contributed by atoms with Crippen molar-refractivity contribution in [1.29, 1.82) is 0 Å². The molecule has 0 bridgehead atoms. The fraction of sp³-hybridized carbons (Fsp3) is 0. The molecule has 0 spiro atoms. The van der Waals surface area contributed by atoms with E-state index >= 15 is 0 Å². The third-order valence-electron chi connectivity index (χ3n) is 4.93. The van der Waals surface area contributed by atoms with Crippen LogP contribution in [0.1, 0.15) is 10.4 Å². The number of carbonyl (C=O) groups is 1. The minimum atomic E-state index is -0.374. The Morgan fingerprint density at radius 3 is 2.10 bits per heavy atom. The smallest absolute Gasteiger partial charge is 0.343 e. The summed E-state index contributed by atoms with van der Waals surface area (Å²) in [6.07, 6.45) is 2.01. The molecule has 0 N–H and O–H groups in total. The molecule has 5 rings (SSSR count). The van der Waals surface area contributed by atoms with Crippen LogP contribution in [-0.4, -0.2) is 15.4 Å². The summed E-state index contributed by atoms with van der Waals surface area (Å²) in [5, 5.41) is 0. The number of nitrogens with zero attached hydrogens (tertiary/aromatic N) is 2. The number of pyridine rings is 1. The van der Waals surface area contributed by atoms with Gasteiger partial charge in [-0.1, -0.05) is 54.6 Å². The molecule has 0 atom stereocenters. The fourth-order valence-corrected chi connectivity index (χ4v) is 3.46. The summed E-state index contributed by atoms with van der Waals surface area (Å²) >= 11 is 0. The van der Waals surface area contributed by atoms with Crippen LogP contribution < -0.4 is 4.74 Å². The average Bonchev–Trinajstić information content (AvgIpc) is 3.20. The lowest BCUT2D eigenvalue weighted by atomic mass is 10.1. The Morgan fingerprint density at radius 1 is 0.700 bits per heavy atom. The first-order valence-electron chi connectivity index (χ1n) is 9.70. The molecular weight excluding hydrogens is 372 g/mol. The Morgan fingerprint density at radius 2 is 1.37 bits per heavy atom. The van der Waals surface area contributed by atoms with E-state index in [2.05, 4.69) is 22.6 Å². The highest BCUT2D eigenvalue weighted by molar-refractivity contribution is 5.91. The van der Waals surface area contributed by atoms with Crippen molar-refractivity contribution in [3.8, 4) is 28.4 Å². The summed E-state index contributed by atoms with van der Waals surface area (Å²) in [5.74, 6) is 0.961. The molecule has 2 aromatic heterocycles. The number of rotatable bonds is 4. The zero-order valence-corrected chi connectivity index (χ0v) is 16.1. The van der Waals surface area contributed by atoms with Gasteiger partial charge in [-0.25, -0.2) is 9.78 Å². The zero-order valence-electron chi connectivity index (χ0n) is 16.1. The number of hydrogen-bond donors (Lipinski definition) is 0. The van der Waals surface area contributed by atoms with Crippen molar-refractivity contribution in [2.75, 3.05) is 0 Å². The topological polar surface area (TPSA) is 43.6 Å². The van der Waals surface area contributed by atoms with Gasteiger partial charge in [0.2, 0.25) is 0 Å². The molecule has 30 heavy (non-hydrogen) atoms. The van der Waals surface area contributed by atoms with Crippen molar-refractivity contribution in [2.24, 2.45) is 0 Å². The minimum Gasteiger partial charge on any atom is -0.423 e. The van der Waals surface area contributed by atoms with E-state index < -0.39 is 0 Å². The minimum absolute atomic E-state index is 0.374. The summed E-state index contributed by atoms with van der Waals surface area (Å²) in [6, 6.07) is 32.6. The fourth-order valence-electron chi connectivity index (χ4n) is 3.46. The summed E-state index contributed by atoms with van der Waals surface area (Å²) < 4.78 is 7.56. The van der Waals surface area contributed by atoms with E-state index in [4.69, 9.17) is 9.72 Å². The molecule has 0 unspecified atom stereocenters. The standard InChI is InChI=1S/C26H18N2O2/c29-26(21-11-5-2-6-12-21)30-22-16-14-20(15-17-22)25-27-24(19-9-3-1-4-10-19)23-13-7-8-18-28(23)25/h1-18H. The third-order valence-corrected chi connectivity index (χ3v) is 4.93. The van der Waals surface area contributed by atoms with Crippen LogP contribution in [0.3, 0.4) is 0 Å². The lowest BCUT2D eigenvalue weighted by Crippen LogP contribution is -2.07. The van der Waals surface area contributed by atoms with Gasteiger partial charge < -0.3 is 4.74 Å². The van der Waals surface area contributed by atoms with Gasteiger partial charge in [0.15, 0.2) is 0 Å². The molecule has 4 nitrogen and oxygen atoms in total. The van der Waals surface area contributed by atoms with Crippen molar-refractivity contribution >= 4 is 11.5 Å². The molecule has 3 aromatic carbocycles. The van der Waals surface area contributed by atoms with Gasteiger partial charge in [-0.3, -0.25) is 4.40 Å². The molecule has 0 amide bonds. The van der Waals surface area contributed by atoms with Gasteiger partial charge >= 0.3 is 5.97 Å². The molecule has 2 heterocycles. The summed E-state index contributed by atoms with van der Waals surface area (Å²) in [4.78, 5) is 17.2. The largest absolute Gasteiger partial charge is 0.423 e. The number of hydrogen-bond acceptors (Lipinski definition) is 3. The van der Waals surface area contributed by atoms with Crippen LogP contribution in [0.4, 0.5) is 0 Å². The third kappa shape index (κ3) is 3.35. The molecule has 144 valence electrons. The van der Waals surface area contributed by atoms with Crippen molar-refractivity contribution in [3.63, 3.8) is 0 Å². The normalized spacial score (nSPS) is 10.8. The van der Waals surface area contributed by atoms with E-state index in [0.717, 1.165) is 28.2 Å². The van der Waals surface area contributed by atoms with E-state index in [0.29, 0.717) is 11.3 Å². The maximum Gasteiger partial charge on any atom is 0.343 e. The van der Waals surface area contributed by atoms with Crippen LogP contribution in [0, 0.1) is 0 Å². The van der Waals surface area contributed by atoms with Gasteiger partial charge in [0.05, 0.1) is 16.8 Å². The molecular formula is C26H18N2O2. The van der Waals surface area contributed by atoms with Gasteiger partial charge in [0.1, 0.15) is 11.6 Å². The molecule has 5 aromatic rings. The Kier molecular flexibility index (Phi) is 4.58. The van der Waals surface area contributed by atoms with Crippen LogP contribution in [0.25, 0.3) is 28.2 Å². The Labute approximate surface area is 174 Å². The number of ether oxygens (including phenoxy) is 1. The number of fused-ring (bicyclic) bond motifs is 1. The molecule has 0 radical (unpaired) electrons. The van der Waals surface area contributed by atoms with Gasteiger partial charge in [-0.15, -0.1) is 0 Å². The number of esters is 1. The maximum absolute atomic E-state index is 12.3. The molecule has 0 saturated heterocycles. The first kappa shape index (κ1) is 17.9. The molecule has 0 aliphatic rings. The Balaban J connectivity index is 1.48. The van der Waals surface area contributed by atoms with Crippen LogP contribution in [0.5, 0.6) is 5.75 Å². The molecule has 0 aliphatic carbocycles. The second-order valence-electron chi connectivity index (χ2n) is 6.89. The lowest BCUT2D eigenvalue weighted by molar-refractivity contribution is 0.0735. The predicted molar refractivity (Wildman–Crippen MR) is 117 cm³/mol. The van der Waals surface area contributed by atoms with Crippen LogP contribution in [0.2, 0.25) is 0 Å². The van der Waals surface area contributed by atoms with E-state index in [9.17, 15) is 4.79 Å². The quantitative estimate of drug-likeness (QED) is 0.284. The van der Waals surface area contributed by atoms with Gasteiger partial charge in [-0.05, 0) is 48.5 Å². The zero-order chi connectivity index (χ0) is 20.3. The first-order valence-corrected chi connectivity index (χ1v) is 9.70. The molecule has 0 fully saturated rings. The molecule has 0 saturated carbocycles. The second-order valence-corrected chi connectivity index (χ2v) is 6.89. The van der Waals surface area contributed by atoms with Gasteiger partial charge in [0.25, 0.3) is 0 Å². The average molecular weight is 390 g/mol. The van der Waals surface area contributed by atoms with E-state index in [1.54, 1.807) is 24.3 Å². The Hall–Kier alpha value is -4.18. The Bertz CT molecular complexity index is 1310. The van der Waals surface area contributed by atoms with Crippen LogP contribution in [0.15, 0.2) is 109 Å². The second kappa shape index (κ2) is 7.68. The molecule has 4 heteroatoms. The number of imidazole rings is 1. The van der Waals surface area contributed by atoms with E-state index in [-0.39, 0.29) is 5.97 Å². The van der Waals surface area contributed by atoms with Crippen molar-refractivity contribution < 1.29 is 9.53 Å². The van der Waals surface area contributed by atoms with Crippen molar-refractivity contribution in [1.82, 2.24) is 9.38 Å². The molecule has 0 aliphatic heterocycles. The number of aromatic nitrogens is 2.